The van der Waals surface area contributed by atoms with E-state index in [0.29, 0.717) is 13.0 Å². The molecule has 0 aliphatic heterocycles. The van der Waals surface area contributed by atoms with Crippen molar-refractivity contribution in [1.82, 2.24) is 5.32 Å². The predicted octanol–water partition coefficient (Wildman–Crippen LogP) is 4.19. The van der Waals surface area contributed by atoms with E-state index in [2.05, 4.69) is 5.32 Å². The molecule has 0 aliphatic carbocycles. The molecule has 0 heterocycles. The Labute approximate surface area is 106 Å². The standard InChI is InChI=1S/C14H20F3N/c1-5-18-11(8-14(2,3)4)9-6-7-10(15)13(17)12(9)16/h6-7,11,18H,5,8H2,1-4H3. The topological polar surface area (TPSA) is 12.0 Å². The van der Waals surface area contributed by atoms with Gasteiger partial charge in [0, 0.05) is 11.6 Å². The first kappa shape index (κ1) is 15.0. The van der Waals surface area contributed by atoms with Crippen LogP contribution in [0.2, 0.25) is 0 Å². The average molecular weight is 259 g/mol. The molecule has 1 aromatic rings. The molecule has 0 fully saturated rings. The van der Waals surface area contributed by atoms with Gasteiger partial charge in [0.2, 0.25) is 0 Å². The number of hydrogen-bond acceptors (Lipinski definition) is 1. The molecule has 18 heavy (non-hydrogen) atoms. The maximum atomic E-state index is 13.8. The number of nitrogens with one attached hydrogen (secondary N) is 1. The first-order valence-corrected chi connectivity index (χ1v) is 6.13. The number of rotatable bonds is 4. The first-order valence-electron chi connectivity index (χ1n) is 6.13. The van der Waals surface area contributed by atoms with E-state index in [4.69, 9.17) is 0 Å². The summed E-state index contributed by atoms with van der Waals surface area (Å²) in [5.41, 5.74) is 0.148. The molecule has 1 N–H and O–H groups in total. The minimum absolute atomic E-state index is 0.0376. The van der Waals surface area contributed by atoms with Crippen LogP contribution in [0.25, 0.3) is 0 Å². The van der Waals surface area contributed by atoms with Crippen LogP contribution in [-0.4, -0.2) is 6.54 Å². The fourth-order valence-electron chi connectivity index (χ4n) is 1.96. The molecular weight excluding hydrogens is 239 g/mol. The Morgan fingerprint density at radius 3 is 2.22 bits per heavy atom. The largest absolute Gasteiger partial charge is 0.310 e. The molecule has 0 saturated heterocycles. The Bertz CT molecular complexity index is 410. The molecule has 0 bridgehead atoms. The highest BCUT2D eigenvalue weighted by Crippen LogP contribution is 2.31. The third-order valence-electron chi connectivity index (χ3n) is 2.71. The minimum atomic E-state index is -1.40. The highest BCUT2D eigenvalue weighted by Gasteiger charge is 2.24. The Kier molecular flexibility index (Phi) is 4.79. The summed E-state index contributed by atoms with van der Waals surface area (Å²) in [7, 11) is 0. The van der Waals surface area contributed by atoms with Gasteiger partial charge in [-0.3, -0.25) is 0 Å². The summed E-state index contributed by atoms with van der Waals surface area (Å²) in [6.07, 6.45) is 0.642. The van der Waals surface area contributed by atoms with Gasteiger partial charge in [0.1, 0.15) is 0 Å². The lowest BCUT2D eigenvalue weighted by molar-refractivity contribution is 0.306. The molecule has 1 nitrogen and oxygen atoms in total. The van der Waals surface area contributed by atoms with E-state index in [1.54, 1.807) is 0 Å². The summed E-state index contributed by atoms with van der Waals surface area (Å²) in [6.45, 7) is 8.60. The van der Waals surface area contributed by atoms with Crippen molar-refractivity contribution >= 4 is 0 Å². The lowest BCUT2D eigenvalue weighted by atomic mass is 9.85. The molecule has 1 rings (SSSR count). The van der Waals surface area contributed by atoms with Crippen LogP contribution in [0.15, 0.2) is 12.1 Å². The van der Waals surface area contributed by atoms with Gasteiger partial charge in [-0.1, -0.05) is 33.8 Å². The fourth-order valence-corrected chi connectivity index (χ4v) is 1.96. The number of halogens is 3. The molecule has 0 saturated carbocycles. The molecule has 0 aliphatic rings. The summed E-state index contributed by atoms with van der Waals surface area (Å²) in [5.74, 6) is -3.64. The van der Waals surface area contributed by atoms with Crippen molar-refractivity contribution in [3.05, 3.63) is 35.1 Å². The summed E-state index contributed by atoms with van der Waals surface area (Å²) in [5, 5.41) is 3.11. The van der Waals surface area contributed by atoms with Gasteiger partial charge in [-0.25, -0.2) is 13.2 Å². The van der Waals surface area contributed by atoms with Gasteiger partial charge in [-0.05, 0) is 24.4 Å². The van der Waals surface area contributed by atoms with Gasteiger partial charge in [0.15, 0.2) is 17.5 Å². The van der Waals surface area contributed by atoms with Crippen molar-refractivity contribution in [3.63, 3.8) is 0 Å². The molecule has 102 valence electrons. The highest BCUT2D eigenvalue weighted by molar-refractivity contribution is 5.24. The van der Waals surface area contributed by atoms with E-state index in [0.717, 1.165) is 6.07 Å². The SMILES string of the molecule is CCNC(CC(C)(C)C)c1ccc(F)c(F)c1F. The van der Waals surface area contributed by atoms with Gasteiger partial charge in [0.25, 0.3) is 0 Å². The van der Waals surface area contributed by atoms with Crippen LogP contribution in [0.3, 0.4) is 0 Å². The smallest absolute Gasteiger partial charge is 0.194 e. The lowest BCUT2D eigenvalue weighted by Crippen LogP contribution is -2.26. The van der Waals surface area contributed by atoms with Crippen molar-refractivity contribution in [2.75, 3.05) is 6.54 Å². The Balaban J connectivity index is 3.10. The second-order valence-electron chi connectivity index (χ2n) is 5.64. The summed E-state index contributed by atoms with van der Waals surface area (Å²) >= 11 is 0. The second-order valence-corrected chi connectivity index (χ2v) is 5.64. The van der Waals surface area contributed by atoms with Crippen molar-refractivity contribution < 1.29 is 13.2 Å². The molecule has 1 unspecified atom stereocenters. The van der Waals surface area contributed by atoms with Crippen molar-refractivity contribution in [1.29, 1.82) is 0 Å². The number of benzene rings is 1. The summed E-state index contributed by atoms with van der Waals surface area (Å²) in [4.78, 5) is 0. The van der Waals surface area contributed by atoms with Crippen LogP contribution in [0.1, 0.15) is 45.7 Å². The molecule has 0 amide bonds. The Morgan fingerprint density at radius 1 is 1.11 bits per heavy atom. The lowest BCUT2D eigenvalue weighted by Gasteiger charge is -2.27. The predicted molar refractivity (Wildman–Crippen MR) is 66.8 cm³/mol. The molecule has 0 spiro atoms. The first-order chi connectivity index (χ1) is 8.26. The van der Waals surface area contributed by atoms with E-state index < -0.39 is 17.5 Å². The monoisotopic (exact) mass is 259 g/mol. The Hall–Kier alpha value is -1.03. The van der Waals surface area contributed by atoms with E-state index in [1.807, 2.05) is 27.7 Å². The van der Waals surface area contributed by atoms with Gasteiger partial charge in [-0.2, -0.15) is 0 Å². The average Bonchev–Trinajstić information content (AvgIpc) is 2.24. The molecule has 1 aromatic carbocycles. The summed E-state index contributed by atoms with van der Waals surface area (Å²) in [6, 6.07) is 1.97. The van der Waals surface area contributed by atoms with Crippen LogP contribution in [0.5, 0.6) is 0 Å². The van der Waals surface area contributed by atoms with Crippen molar-refractivity contribution in [3.8, 4) is 0 Å². The normalized spacial score (nSPS) is 13.7. The zero-order valence-corrected chi connectivity index (χ0v) is 11.3. The van der Waals surface area contributed by atoms with Crippen LogP contribution in [0, 0.1) is 22.9 Å². The molecule has 0 radical (unpaired) electrons. The zero-order chi connectivity index (χ0) is 13.9. The minimum Gasteiger partial charge on any atom is -0.310 e. The van der Waals surface area contributed by atoms with Crippen molar-refractivity contribution in [2.24, 2.45) is 5.41 Å². The molecule has 4 heteroatoms. The molecular formula is C14H20F3N. The van der Waals surface area contributed by atoms with Crippen LogP contribution in [0.4, 0.5) is 13.2 Å². The van der Waals surface area contributed by atoms with E-state index in [1.165, 1.54) is 6.07 Å². The van der Waals surface area contributed by atoms with Gasteiger partial charge in [0.05, 0.1) is 0 Å². The third-order valence-corrected chi connectivity index (χ3v) is 2.71. The zero-order valence-electron chi connectivity index (χ0n) is 11.3. The van der Waals surface area contributed by atoms with Crippen LogP contribution >= 0.6 is 0 Å². The summed E-state index contributed by atoms with van der Waals surface area (Å²) < 4.78 is 39.9. The van der Waals surface area contributed by atoms with E-state index in [-0.39, 0.29) is 17.0 Å². The van der Waals surface area contributed by atoms with Gasteiger partial charge < -0.3 is 5.32 Å². The maximum absolute atomic E-state index is 13.8. The third kappa shape index (κ3) is 3.73. The van der Waals surface area contributed by atoms with Crippen molar-refractivity contribution in [2.45, 2.75) is 40.2 Å². The Morgan fingerprint density at radius 2 is 1.72 bits per heavy atom. The van der Waals surface area contributed by atoms with E-state index >= 15 is 0 Å². The maximum Gasteiger partial charge on any atom is 0.194 e. The molecule has 1 atom stereocenters. The van der Waals surface area contributed by atoms with E-state index in [9.17, 15) is 13.2 Å². The van der Waals surface area contributed by atoms with Crippen LogP contribution in [-0.2, 0) is 0 Å². The van der Waals surface area contributed by atoms with Gasteiger partial charge >= 0.3 is 0 Å². The van der Waals surface area contributed by atoms with Crippen LogP contribution < -0.4 is 5.32 Å². The highest BCUT2D eigenvalue weighted by atomic mass is 19.2. The number of hydrogen-bond donors (Lipinski definition) is 1. The van der Waals surface area contributed by atoms with Gasteiger partial charge in [-0.15, -0.1) is 0 Å². The fraction of sp³-hybridized carbons (Fsp3) is 0.571. The molecule has 0 aromatic heterocycles. The second kappa shape index (κ2) is 5.74. The quantitative estimate of drug-likeness (QED) is 0.799.